The van der Waals surface area contributed by atoms with E-state index in [1.807, 2.05) is 12.1 Å². The summed E-state index contributed by atoms with van der Waals surface area (Å²) >= 11 is 0. The maximum atomic E-state index is 6.00. The molecule has 1 aliphatic rings. The van der Waals surface area contributed by atoms with Gasteiger partial charge in [0.15, 0.2) is 0 Å². The zero-order chi connectivity index (χ0) is 11.6. The van der Waals surface area contributed by atoms with E-state index in [0.29, 0.717) is 0 Å². The van der Waals surface area contributed by atoms with Gasteiger partial charge in [-0.05, 0) is 37.9 Å². The molecule has 0 saturated carbocycles. The smallest absolute Gasteiger partial charge is 0.127 e. The van der Waals surface area contributed by atoms with Crippen molar-refractivity contribution in [3.05, 3.63) is 23.8 Å². The minimum atomic E-state index is -0.0892. The molecule has 1 aromatic carbocycles. The van der Waals surface area contributed by atoms with Gasteiger partial charge in [0.05, 0.1) is 7.11 Å². The van der Waals surface area contributed by atoms with Gasteiger partial charge in [0.2, 0.25) is 0 Å². The second-order valence-corrected chi connectivity index (χ2v) is 4.59. The lowest BCUT2D eigenvalue weighted by Gasteiger charge is -2.23. The van der Waals surface area contributed by atoms with E-state index in [0.717, 1.165) is 37.3 Å². The first-order valence-corrected chi connectivity index (χ1v) is 5.73. The van der Waals surface area contributed by atoms with Crippen LogP contribution in [0.1, 0.15) is 25.3 Å². The first-order chi connectivity index (χ1) is 7.67. The van der Waals surface area contributed by atoms with Gasteiger partial charge in [0, 0.05) is 12.5 Å². The Kier molecular flexibility index (Phi) is 3.06. The largest absolute Gasteiger partial charge is 0.497 e. The quantitative estimate of drug-likeness (QED) is 0.847. The van der Waals surface area contributed by atoms with Crippen LogP contribution in [0, 0.1) is 0 Å². The monoisotopic (exact) mass is 221 g/mol. The van der Waals surface area contributed by atoms with Crippen LogP contribution in [0.2, 0.25) is 0 Å². The second-order valence-electron chi connectivity index (χ2n) is 4.59. The lowest BCUT2D eigenvalue weighted by atomic mass is 9.94. The molecule has 0 bridgehead atoms. The van der Waals surface area contributed by atoms with Crippen LogP contribution < -0.4 is 15.2 Å². The minimum absolute atomic E-state index is 0.0892. The predicted octanol–water partition coefficient (Wildman–Crippen LogP) is 2.13. The Hall–Kier alpha value is -1.22. The highest BCUT2D eigenvalue weighted by Gasteiger charge is 2.34. The fraction of sp³-hybridized carbons (Fsp3) is 0.538. The standard InChI is InChI=1S/C13H19NO2/c1-13(6-3-7-14)9-10-4-5-11(15-2)8-12(10)16-13/h4-5,8H,3,6-7,9,14H2,1-2H3. The fourth-order valence-electron chi connectivity index (χ4n) is 2.22. The van der Waals surface area contributed by atoms with E-state index in [2.05, 4.69) is 13.0 Å². The molecule has 0 radical (unpaired) electrons. The minimum Gasteiger partial charge on any atom is -0.497 e. The number of fused-ring (bicyclic) bond motifs is 1. The molecular weight excluding hydrogens is 202 g/mol. The van der Waals surface area contributed by atoms with Crippen LogP contribution in [0.25, 0.3) is 0 Å². The van der Waals surface area contributed by atoms with Crippen LogP contribution in [-0.4, -0.2) is 19.3 Å². The third-order valence-electron chi connectivity index (χ3n) is 3.10. The van der Waals surface area contributed by atoms with E-state index in [9.17, 15) is 0 Å². The maximum Gasteiger partial charge on any atom is 0.127 e. The number of hydrogen-bond donors (Lipinski definition) is 1. The van der Waals surface area contributed by atoms with Crippen molar-refractivity contribution in [1.82, 2.24) is 0 Å². The van der Waals surface area contributed by atoms with Crippen LogP contribution in [0.3, 0.4) is 0 Å². The van der Waals surface area contributed by atoms with Gasteiger partial charge in [-0.2, -0.15) is 0 Å². The predicted molar refractivity (Wildman–Crippen MR) is 64.0 cm³/mol. The molecule has 0 spiro atoms. The lowest BCUT2D eigenvalue weighted by Crippen LogP contribution is -2.30. The molecule has 1 heterocycles. The highest BCUT2D eigenvalue weighted by Crippen LogP contribution is 2.39. The van der Waals surface area contributed by atoms with E-state index >= 15 is 0 Å². The SMILES string of the molecule is COc1ccc2c(c1)OC(C)(CCCN)C2. The van der Waals surface area contributed by atoms with E-state index < -0.39 is 0 Å². The molecule has 3 nitrogen and oxygen atoms in total. The molecule has 2 N–H and O–H groups in total. The number of nitrogens with two attached hydrogens (primary N) is 1. The third-order valence-corrected chi connectivity index (χ3v) is 3.10. The molecule has 0 fully saturated rings. The van der Waals surface area contributed by atoms with Crippen molar-refractivity contribution >= 4 is 0 Å². The molecular formula is C13H19NO2. The van der Waals surface area contributed by atoms with E-state index in [4.69, 9.17) is 15.2 Å². The average molecular weight is 221 g/mol. The molecule has 1 unspecified atom stereocenters. The van der Waals surface area contributed by atoms with Gasteiger partial charge in [-0.1, -0.05) is 6.07 Å². The summed E-state index contributed by atoms with van der Waals surface area (Å²) in [5, 5.41) is 0. The van der Waals surface area contributed by atoms with Crippen LogP contribution in [0.5, 0.6) is 11.5 Å². The van der Waals surface area contributed by atoms with Gasteiger partial charge in [-0.25, -0.2) is 0 Å². The first kappa shape index (κ1) is 11.3. The summed E-state index contributed by atoms with van der Waals surface area (Å²) in [7, 11) is 1.67. The van der Waals surface area contributed by atoms with E-state index in [1.54, 1.807) is 7.11 Å². The van der Waals surface area contributed by atoms with Crippen molar-refractivity contribution in [3.63, 3.8) is 0 Å². The molecule has 16 heavy (non-hydrogen) atoms. The molecule has 3 heteroatoms. The molecule has 0 aliphatic carbocycles. The fourth-order valence-corrected chi connectivity index (χ4v) is 2.22. The molecule has 0 saturated heterocycles. The van der Waals surface area contributed by atoms with Gasteiger partial charge < -0.3 is 15.2 Å². The Labute approximate surface area is 96.5 Å². The highest BCUT2D eigenvalue weighted by molar-refractivity contribution is 5.44. The lowest BCUT2D eigenvalue weighted by molar-refractivity contribution is 0.104. The van der Waals surface area contributed by atoms with Crippen LogP contribution in [-0.2, 0) is 6.42 Å². The summed E-state index contributed by atoms with van der Waals surface area (Å²) in [5.74, 6) is 1.81. The Morgan fingerprint density at radius 2 is 2.31 bits per heavy atom. The van der Waals surface area contributed by atoms with Crippen molar-refractivity contribution in [1.29, 1.82) is 0 Å². The number of methoxy groups -OCH3 is 1. The molecule has 1 aliphatic heterocycles. The molecule has 0 amide bonds. The summed E-state index contributed by atoms with van der Waals surface area (Å²) in [6.07, 6.45) is 2.97. The van der Waals surface area contributed by atoms with E-state index in [1.165, 1.54) is 5.56 Å². The Morgan fingerprint density at radius 3 is 3.00 bits per heavy atom. The van der Waals surface area contributed by atoms with E-state index in [-0.39, 0.29) is 5.60 Å². The van der Waals surface area contributed by atoms with Crippen molar-refractivity contribution in [3.8, 4) is 11.5 Å². The molecule has 1 aromatic rings. The average Bonchev–Trinajstić information content (AvgIpc) is 2.62. The summed E-state index contributed by atoms with van der Waals surface area (Å²) in [6, 6.07) is 6.03. The number of benzene rings is 1. The van der Waals surface area contributed by atoms with Crippen LogP contribution in [0.4, 0.5) is 0 Å². The van der Waals surface area contributed by atoms with Crippen molar-refractivity contribution in [2.24, 2.45) is 5.73 Å². The van der Waals surface area contributed by atoms with Crippen LogP contribution in [0.15, 0.2) is 18.2 Å². The Bertz CT molecular complexity index is 378. The zero-order valence-electron chi connectivity index (χ0n) is 9.95. The molecule has 2 rings (SSSR count). The van der Waals surface area contributed by atoms with Gasteiger partial charge >= 0.3 is 0 Å². The zero-order valence-corrected chi connectivity index (χ0v) is 9.95. The first-order valence-electron chi connectivity index (χ1n) is 5.73. The highest BCUT2D eigenvalue weighted by atomic mass is 16.5. The summed E-state index contributed by atoms with van der Waals surface area (Å²) in [5.41, 5.74) is 6.72. The summed E-state index contributed by atoms with van der Waals surface area (Å²) in [6.45, 7) is 2.87. The Balaban J connectivity index is 2.13. The van der Waals surface area contributed by atoms with Crippen LogP contribution >= 0.6 is 0 Å². The number of rotatable bonds is 4. The van der Waals surface area contributed by atoms with Crippen molar-refractivity contribution in [2.45, 2.75) is 31.8 Å². The van der Waals surface area contributed by atoms with Crippen molar-refractivity contribution in [2.75, 3.05) is 13.7 Å². The van der Waals surface area contributed by atoms with Gasteiger partial charge in [0.1, 0.15) is 17.1 Å². The topological polar surface area (TPSA) is 44.5 Å². The molecule has 1 atom stereocenters. The van der Waals surface area contributed by atoms with Gasteiger partial charge in [-0.3, -0.25) is 0 Å². The molecule has 0 aromatic heterocycles. The number of ether oxygens (including phenoxy) is 2. The number of hydrogen-bond acceptors (Lipinski definition) is 3. The van der Waals surface area contributed by atoms with Gasteiger partial charge in [0.25, 0.3) is 0 Å². The third kappa shape index (κ3) is 2.14. The van der Waals surface area contributed by atoms with Crippen molar-refractivity contribution < 1.29 is 9.47 Å². The maximum absolute atomic E-state index is 6.00. The summed E-state index contributed by atoms with van der Waals surface area (Å²) < 4.78 is 11.2. The van der Waals surface area contributed by atoms with Gasteiger partial charge in [-0.15, -0.1) is 0 Å². The summed E-state index contributed by atoms with van der Waals surface area (Å²) in [4.78, 5) is 0. The second kappa shape index (κ2) is 4.34. The molecule has 88 valence electrons. The normalized spacial score (nSPS) is 22.7. The Morgan fingerprint density at radius 1 is 1.50 bits per heavy atom.